The van der Waals surface area contributed by atoms with E-state index in [9.17, 15) is 19.8 Å². The van der Waals surface area contributed by atoms with Crippen molar-refractivity contribution in [1.82, 2.24) is 9.88 Å². The fourth-order valence-corrected chi connectivity index (χ4v) is 4.54. The molecule has 0 bridgehead atoms. The molecule has 148 valence electrons. The molecule has 5 rings (SSSR count). The Kier molecular flexibility index (Phi) is 3.64. The van der Waals surface area contributed by atoms with Crippen LogP contribution in [0.4, 0.5) is 0 Å². The highest BCUT2D eigenvalue weighted by atomic mass is 16.6. The molecule has 0 unspecified atom stereocenters. The number of fused-ring (bicyclic) bond motifs is 4. The molecule has 3 aliphatic heterocycles. The number of aliphatic hydroxyl groups is 1. The van der Waals surface area contributed by atoms with Crippen LogP contribution in [-0.2, 0) is 16.0 Å². The summed E-state index contributed by atoms with van der Waals surface area (Å²) >= 11 is 0. The van der Waals surface area contributed by atoms with Crippen molar-refractivity contribution in [2.45, 2.75) is 32.3 Å². The Labute approximate surface area is 166 Å². The number of nitrogens with zero attached hydrogens (tertiary/aromatic N) is 2. The lowest BCUT2D eigenvalue weighted by molar-refractivity contribution is -0.163. The molecular formula is C22H20N2O5. The molecule has 29 heavy (non-hydrogen) atoms. The van der Waals surface area contributed by atoms with E-state index in [2.05, 4.69) is 0 Å². The molecule has 4 heterocycles. The van der Waals surface area contributed by atoms with Crippen molar-refractivity contribution >= 4 is 28.5 Å². The van der Waals surface area contributed by atoms with Crippen LogP contribution in [0.15, 0.2) is 35.4 Å². The Balaban J connectivity index is 1.77. The van der Waals surface area contributed by atoms with Crippen LogP contribution in [0.3, 0.4) is 0 Å². The number of phenols is 1. The van der Waals surface area contributed by atoms with E-state index >= 15 is 0 Å². The van der Waals surface area contributed by atoms with Crippen LogP contribution in [0, 0.1) is 0 Å². The number of amides is 1. The van der Waals surface area contributed by atoms with Crippen molar-refractivity contribution in [2.75, 3.05) is 13.2 Å². The second-order valence-corrected chi connectivity index (χ2v) is 7.60. The number of aromatic hydroxyl groups is 1. The van der Waals surface area contributed by atoms with Gasteiger partial charge in [0.2, 0.25) is 0 Å². The van der Waals surface area contributed by atoms with Crippen LogP contribution in [0.5, 0.6) is 5.75 Å². The van der Waals surface area contributed by atoms with Gasteiger partial charge in [-0.1, -0.05) is 13.8 Å². The lowest BCUT2D eigenvalue weighted by Crippen LogP contribution is -2.48. The molecule has 1 amide bonds. The summed E-state index contributed by atoms with van der Waals surface area (Å²) in [6.07, 6.45) is 2.50. The molecule has 0 saturated heterocycles. The van der Waals surface area contributed by atoms with Gasteiger partial charge in [0.05, 0.1) is 23.3 Å². The van der Waals surface area contributed by atoms with Crippen LogP contribution < -0.4 is 0 Å². The van der Waals surface area contributed by atoms with Crippen molar-refractivity contribution in [1.29, 1.82) is 0 Å². The highest BCUT2D eigenvalue weighted by Crippen LogP contribution is 2.44. The maximum Gasteiger partial charge on any atom is 0.343 e. The van der Waals surface area contributed by atoms with Crippen molar-refractivity contribution in [3.63, 3.8) is 0 Å². The summed E-state index contributed by atoms with van der Waals surface area (Å²) in [5.74, 6) is -0.703. The van der Waals surface area contributed by atoms with Crippen molar-refractivity contribution < 1.29 is 24.5 Å². The van der Waals surface area contributed by atoms with Crippen molar-refractivity contribution in [3.05, 3.63) is 52.2 Å². The summed E-state index contributed by atoms with van der Waals surface area (Å²) in [7, 11) is 0. The number of benzene rings is 1. The van der Waals surface area contributed by atoms with Crippen molar-refractivity contribution in [3.8, 4) is 5.75 Å². The van der Waals surface area contributed by atoms with E-state index in [4.69, 9.17) is 9.72 Å². The van der Waals surface area contributed by atoms with Gasteiger partial charge in [-0.05, 0) is 48.3 Å². The molecule has 2 aromatic rings. The van der Waals surface area contributed by atoms with Gasteiger partial charge >= 0.3 is 5.97 Å². The van der Waals surface area contributed by atoms with Gasteiger partial charge in [-0.15, -0.1) is 0 Å². The average Bonchev–Trinajstić information content (AvgIpc) is 2.99. The van der Waals surface area contributed by atoms with E-state index in [-0.39, 0.29) is 31.2 Å². The number of hydrogen-bond acceptors (Lipinski definition) is 6. The molecule has 2 N–H and O–H groups in total. The smallest absolute Gasteiger partial charge is 0.343 e. The first kappa shape index (κ1) is 17.9. The molecule has 1 aromatic heterocycles. The number of hydrogen-bond donors (Lipinski definition) is 2. The molecule has 0 fully saturated rings. The van der Waals surface area contributed by atoms with E-state index in [1.54, 1.807) is 36.1 Å². The number of pyridine rings is 1. The second kappa shape index (κ2) is 5.90. The van der Waals surface area contributed by atoms with Gasteiger partial charge in [0, 0.05) is 11.0 Å². The average molecular weight is 392 g/mol. The number of cyclic esters (lactones) is 1. The van der Waals surface area contributed by atoms with E-state index in [1.807, 2.05) is 6.92 Å². The number of ether oxygens (including phenoxy) is 1. The molecular weight excluding hydrogens is 372 g/mol. The molecule has 1 atom stereocenters. The Morgan fingerprint density at radius 2 is 2.07 bits per heavy atom. The molecule has 0 radical (unpaired) electrons. The summed E-state index contributed by atoms with van der Waals surface area (Å²) < 4.78 is 5.18. The molecule has 1 aromatic carbocycles. The Hall–Kier alpha value is -3.19. The SMILES string of the molecule is CCc1c2c(nc3ccc(O)cc13)C1=CC3=C(COC(=O)[C@]3(O)CC)CN1C2=O. The minimum atomic E-state index is -1.71. The van der Waals surface area contributed by atoms with Gasteiger partial charge in [-0.2, -0.15) is 0 Å². The first-order chi connectivity index (χ1) is 13.9. The standard InChI is InChI=1S/C22H20N2O5/c1-3-13-14-7-12(25)5-6-16(14)23-19-17-8-15-11(9-24(17)20(26)18(13)19)10-29-21(27)22(15,28)4-2/h5-8,25,28H,3-4,9-10H2,1-2H3/t22-/m0/s1. The number of carbonyl (C=O) groups is 2. The maximum absolute atomic E-state index is 13.3. The molecule has 0 saturated carbocycles. The number of rotatable bonds is 2. The lowest BCUT2D eigenvalue weighted by Gasteiger charge is -2.37. The summed E-state index contributed by atoms with van der Waals surface area (Å²) in [5, 5.41) is 21.6. The number of aromatic nitrogens is 1. The zero-order valence-electron chi connectivity index (χ0n) is 16.2. The van der Waals surface area contributed by atoms with E-state index in [0.717, 1.165) is 16.5 Å². The lowest BCUT2D eigenvalue weighted by atomic mass is 9.83. The summed E-state index contributed by atoms with van der Waals surface area (Å²) in [5.41, 5.74) is 2.69. The molecule has 0 aliphatic carbocycles. The molecule has 3 aliphatic rings. The van der Waals surface area contributed by atoms with Crippen LogP contribution in [0.2, 0.25) is 0 Å². The van der Waals surface area contributed by atoms with Crippen LogP contribution >= 0.6 is 0 Å². The normalized spacial score (nSPS) is 23.0. The number of phenolic OH excluding ortho intramolecular Hbond substituents is 1. The van der Waals surface area contributed by atoms with Gasteiger partial charge in [0.15, 0.2) is 5.60 Å². The van der Waals surface area contributed by atoms with Crippen LogP contribution in [-0.4, -0.2) is 50.7 Å². The molecule has 7 heteroatoms. The predicted molar refractivity (Wildman–Crippen MR) is 105 cm³/mol. The quantitative estimate of drug-likeness (QED) is 0.761. The highest BCUT2D eigenvalue weighted by Gasteiger charge is 2.48. The largest absolute Gasteiger partial charge is 0.508 e. The summed E-state index contributed by atoms with van der Waals surface area (Å²) in [6.45, 7) is 3.99. The molecule has 0 spiro atoms. The monoisotopic (exact) mass is 392 g/mol. The van der Waals surface area contributed by atoms with Gasteiger partial charge in [-0.3, -0.25) is 4.79 Å². The van der Waals surface area contributed by atoms with E-state index in [0.29, 0.717) is 34.5 Å². The summed E-state index contributed by atoms with van der Waals surface area (Å²) in [4.78, 5) is 31.9. The fourth-order valence-electron chi connectivity index (χ4n) is 4.54. The molecule has 7 nitrogen and oxygen atoms in total. The minimum Gasteiger partial charge on any atom is -0.508 e. The number of esters is 1. The topological polar surface area (TPSA) is 100.0 Å². The minimum absolute atomic E-state index is 0.0598. The number of carbonyl (C=O) groups excluding carboxylic acids is 2. The zero-order chi connectivity index (χ0) is 20.5. The van der Waals surface area contributed by atoms with Gasteiger partial charge in [0.1, 0.15) is 18.1 Å². The van der Waals surface area contributed by atoms with Gasteiger partial charge < -0.3 is 19.8 Å². The van der Waals surface area contributed by atoms with Crippen LogP contribution in [0.25, 0.3) is 16.6 Å². The maximum atomic E-state index is 13.3. The number of aryl methyl sites for hydroxylation is 1. The first-order valence-corrected chi connectivity index (χ1v) is 9.70. The van der Waals surface area contributed by atoms with E-state index < -0.39 is 11.6 Å². The summed E-state index contributed by atoms with van der Waals surface area (Å²) in [6, 6.07) is 4.93. The predicted octanol–water partition coefficient (Wildman–Crippen LogP) is 2.31. The first-order valence-electron chi connectivity index (χ1n) is 9.70. The van der Waals surface area contributed by atoms with Crippen LogP contribution in [0.1, 0.15) is 41.9 Å². The second-order valence-electron chi connectivity index (χ2n) is 7.60. The third kappa shape index (κ3) is 2.25. The third-order valence-corrected chi connectivity index (χ3v) is 6.11. The van der Waals surface area contributed by atoms with Crippen molar-refractivity contribution in [2.24, 2.45) is 0 Å². The third-order valence-electron chi connectivity index (χ3n) is 6.11. The fraction of sp³-hybridized carbons (Fsp3) is 0.318. The Bertz CT molecular complexity index is 1180. The zero-order valence-corrected chi connectivity index (χ0v) is 16.2. The Morgan fingerprint density at radius 3 is 2.79 bits per heavy atom. The van der Waals surface area contributed by atoms with Gasteiger partial charge in [0.25, 0.3) is 5.91 Å². The van der Waals surface area contributed by atoms with E-state index in [1.165, 1.54) is 0 Å². The highest BCUT2D eigenvalue weighted by molar-refractivity contribution is 6.13. The van der Waals surface area contributed by atoms with Gasteiger partial charge in [-0.25, -0.2) is 9.78 Å². The Morgan fingerprint density at radius 1 is 1.28 bits per heavy atom.